The van der Waals surface area contributed by atoms with Gasteiger partial charge in [0.1, 0.15) is 12.4 Å². The van der Waals surface area contributed by atoms with Crippen molar-refractivity contribution in [2.75, 3.05) is 36.4 Å². The molecule has 2 unspecified atom stereocenters. The fourth-order valence-electron chi connectivity index (χ4n) is 6.49. The summed E-state index contributed by atoms with van der Waals surface area (Å²) >= 11 is 0. The van der Waals surface area contributed by atoms with Gasteiger partial charge < -0.3 is 19.7 Å². The third-order valence-electron chi connectivity index (χ3n) is 9.07. The van der Waals surface area contributed by atoms with E-state index in [1.54, 1.807) is 10.9 Å². The number of carbonyl (C=O) groups excluding carboxylic acids is 1. The molecular weight excluding hydrogens is 592 g/mol. The summed E-state index contributed by atoms with van der Waals surface area (Å²) in [4.78, 5) is 31.2. The average Bonchev–Trinajstić information content (AvgIpc) is 3.63. The van der Waals surface area contributed by atoms with Gasteiger partial charge >= 0.3 is 5.69 Å². The third kappa shape index (κ3) is 7.22. The van der Waals surface area contributed by atoms with Gasteiger partial charge in [-0.1, -0.05) is 56.5 Å². The Labute approximate surface area is 276 Å². The van der Waals surface area contributed by atoms with Gasteiger partial charge in [-0.15, -0.1) is 0 Å². The summed E-state index contributed by atoms with van der Waals surface area (Å²) in [6, 6.07) is 23.1. The first kappa shape index (κ1) is 32.4. The first-order valence-electron chi connectivity index (χ1n) is 16.9. The molecule has 248 valence electrons. The van der Waals surface area contributed by atoms with Crippen molar-refractivity contribution in [3.05, 3.63) is 95.2 Å². The van der Waals surface area contributed by atoms with Gasteiger partial charge in [-0.05, 0) is 62.2 Å². The van der Waals surface area contributed by atoms with E-state index < -0.39 is 11.8 Å². The minimum atomic E-state index is -0.680. The van der Waals surface area contributed by atoms with Crippen LogP contribution in [0.1, 0.15) is 77.4 Å². The molecule has 1 fully saturated rings. The number of amides is 1. The Hall–Kier alpha value is -4.57. The highest BCUT2D eigenvalue weighted by molar-refractivity contribution is 5.96. The zero-order valence-electron chi connectivity index (χ0n) is 27.9. The Morgan fingerprint density at radius 1 is 0.894 bits per heavy atom. The van der Waals surface area contributed by atoms with E-state index in [1.165, 1.54) is 17.5 Å². The van der Waals surface area contributed by atoms with Crippen LogP contribution in [0, 0.1) is 0 Å². The number of hydrogen-bond donors (Lipinski definition) is 1. The van der Waals surface area contributed by atoms with E-state index in [9.17, 15) is 9.59 Å². The predicted molar refractivity (Wildman–Crippen MR) is 185 cm³/mol. The molecule has 47 heavy (non-hydrogen) atoms. The number of piperazine rings is 1. The van der Waals surface area contributed by atoms with Gasteiger partial charge in [0.05, 0.1) is 11.7 Å². The second kappa shape index (κ2) is 14.0. The molecule has 6 rings (SSSR count). The van der Waals surface area contributed by atoms with Crippen LogP contribution < -0.4 is 25.4 Å². The summed E-state index contributed by atoms with van der Waals surface area (Å²) < 4.78 is 15.5. The second-order valence-corrected chi connectivity index (χ2v) is 13.0. The monoisotopic (exact) mass is 638 g/mol. The number of benzene rings is 3. The number of fused-ring (bicyclic) bond motifs is 1. The number of carbonyl (C=O) groups is 1. The van der Waals surface area contributed by atoms with Gasteiger partial charge in [0.25, 0.3) is 0 Å². The molecule has 10 heteroatoms. The normalized spacial score (nSPS) is 18.4. The Bertz CT molecular complexity index is 1710. The molecule has 0 radical (unpaired) electrons. The zero-order valence-corrected chi connectivity index (χ0v) is 27.9. The van der Waals surface area contributed by atoms with Crippen LogP contribution in [0.5, 0.6) is 11.5 Å². The number of aromatic nitrogens is 3. The first-order valence-corrected chi connectivity index (χ1v) is 16.9. The Morgan fingerprint density at radius 3 is 2.28 bits per heavy atom. The highest BCUT2D eigenvalue weighted by Crippen LogP contribution is 2.43. The minimum Gasteiger partial charge on any atom is -0.449 e. The fourth-order valence-corrected chi connectivity index (χ4v) is 6.49. The van der Waals surface area contributed by atoms with Crippen molar-refractivity contribution in [1.29, 1.82) is 0 Å². The van der Waals surface area contributed by atoms with Crippen molar-refractivity contribution < 1.29 is 14.3 Å². The smallest absolute Gasteiger partial charge is 0.350 e. The molecule has 1 N–H and O–H groups in total. The lowest BCUT2D eigenvalue weighted by Crippen LogP contribution is -2.50. The van der Waals surface area contributed by atoms with Crippen LogP contribution in [-0.4, -0.2) is 57.1 Å². The van der Waals surface area contributed by atoms with Gasteiger partial charge in [0.2, 0.25) is 11.7 Å². The molecule has 1 aromatic heterocycles. The van der Waals surface area contributed by atoms with Crippen molar-refractivity contribution in [2.24, 2.45) is 0 Å². The number of ether oxygens (including phenoxy) is 2. The number of nitrogens with zero attached hydrogens (tertiary/aromatic N) is 5. The summed E-state index contributed by atoms with van der Waals surface area (Å²) in [5.41, 5.74) is 3.35. The van der Waals surface area contributed by atoms with Gasteiger partial charge in [-0.3, -0.25) is 9.69 Å². The van der Waals surface area contributed by atoms with Crippen LogP contribution in [0.15, 0.2) is 83.9 Å². The third-order valence-corrected chi connectivity index (χ3v) is 9.07. The Balaban J connectivity index is 1.11. The van der Waals surface area contributed by atoms with E-state index in [0.29, 0.717) is 30.3 Å². The maximum Gasteiger partial charge on any atom is 0.350 e. The van der Waals surface area contributed by atoms with Gasteiger partial charge in [-0.2, -0.15) is 5.10 Å². The number of rotatable bonds is 12. The van der Waals surface area contributed by atoms with Crippen molar-refractivity contribution >= 4 is 17.3 Å². The fraction of sp³-hybridized carbons (Fsp3) is 0.432. The summed E-state index contributed by atoms with van der Waals surface area (Å²) in [7, 11) is 0. The molecule has 1 saturated heterocycles. The quantitative estimate of drug-likeness (QED) is 0.175. The first-order chi connectivity index (χ1) is 22.7. The summed E-state index contributed by atoms with van der Waals surface area (Å²) in [5, 5.41) is 7.40. The van der Waals surface area contributed by atoms with Crippen LogP contribution >= 0.6 is 0 Å². The van der Waals surface area contributed by atoms with Crippen LogP contribution in [0.4, 0.5) is 11.4 Å². The van der Waals surface area contributed by atoms with Crippen LogP contribution in [0.3, 0.4) is 0 Å². The summed E-state index contributed by atoms with van der Waals surface area (Å²) in [6.07, 6.45) is 6.99. The van der Waals surface area contributed by atoms with E-state index >= 15 is 0 Å². The molecule has 0 spiro atoms. The van der Waals surface area contributed by atoms with E-state index in [1.807, 2.05) is 93.6 Å². The molecule has 3 heterocycles. The highest BCUT2D eigenvalue weighted by Gasteiger charge is 2.37. The molecule has 2 atom stereocenters. The molecule has 1 amide bonds. The summed E-state index contributed by atoms with van der Waals surface area (Å²) in [6.45, 7) is 11.0. The SMILES string of the molecule is CCCCCCC1(C)Oc2ccc(NC(=O)C(c3ccccc3)N3CCN(c4ccc(-n5cnn(C(C)C)c5=O)cc4)CC3)cc2O1. The number of nitrogens with one attached hydrogen (secondary N) is 1. The Kier molecular flexibility index (Phi) is 9.68. The van der Waals surface area contributed by atoms with E-state index in [2.05, 4.69) is 27.1 Å². The maximum absolute atomic E-state index is 14.0. The lowest BCUT2D eigenvalue weighted by atomic mass is 10.0. The molecule has 2 aliphatic rings. The van der Waals surface area contributed by atoms with Crippen LogP contribution in [0.25, 0.3) is 5.69 Å². The van der Waals surface area contributed by atoms with Crippen LogP contribution in [0.2, 0.25) is 0 Å². The van der Waals surface area contributed by atoms with Crippen molar-refractivity contribution in [3.63, 3.8) is 0 Å². The largest absolute Gasteiger partial charge is 0.449 e. The number of hydrogen-bond acceptors (Lipinski definition) is 7. The molecule has 0 bridgehead atoms. The minimum absolute atomic E-state index is 0.000566. The van der Waals surface area contributed by atoms with Gasteiger partial charge in [0, 0.05) is 57.0 Å². The molecule has 4 aromatic rings. The second-order valence-electron chi connectivity index (χ2n) is 13.0. The molecule has 0 aliphatic carbocycles. The van der Waals surface area contributed by atoms with E-state index in [0.717, 1.165) is 49.3 Å². The van der Waals surface area contributed by atoms with Crippen molar-refractivity contribution in [3.8, 4) is 17.2 Å². The summed E-state index contributed by atoms with van der Waals surface area (Å²) in [5.74, 6) is 0.612. The van der Waals surface area contributed by atoms with Gasteiger partial charge in [-0.25, -0.2) is 14.0 Å². The average molecular weight is 639 g/mol. The maximum atomic E-state index is 14.0. The lowest BCUT2D eigenvalue weighted by molar-refractivity contribution is -0.121. The van der Waals surface area contributed by atoms with Crippen molar-refractivity contribution in [2.45, 2.75) is 77.7 Å². The van der Waals surface area contributed by atoms with Gasteiger partial charge in [0.15, 0.2) is 11.5 Å². The molecule has 3 aromatic carbocycles. The standard InChI is InChI=1S/C37H46N6O4/c1-5-6-7-11-20-37(4)46-32-19-14-29(25-33(32)47-37)39-35(44)34(28-12-9-8-10-13-28)41-23-21-40(22-24-41)30-15-17-31(18-16-30)42-26-38-43(27(2)3)36(42)45/h8-10,12-19,25-27,34H,5-7,11,20-24H2,1-4H3,(H,39,44). The van der Waals surface area contributed by atoms with Crippen molar-refractivity contribution in [1.82, 2.24) is 19.2 Å². The lowest BCUT2D eigenvalue weighted by Gasteiger charge is -2.39. The molecular formula is C37H46N6O4. The zero-order chi connectivity index (χ0) is 33.0. The number of anilines is 2. The highest BCUT2D eigenvalue weighted by atomic mass is 16.7. The van der Waals surface area contributed by atoms with Crippen LogP contribution in [-0.2, 0) is 4.79 Å². The molecule has 2 aliphatic heterocycles. The molecule has 10 nitrogen and oxygen atoms in total. The van der Waals surface area contributed by atoms with E-state index in [4.69, 9.17) is 9.47 Å². The molecule has 0 saturated carbocycles. The number of unbranched alkanes of at least 4 members (excludes halogenated alkanes) is 3. The van der Waals surface area contributed by atoms with E-state index in [-0.39, 0.29) is 17.6 Å². The predicted octanol–water partition coefficient (Wildman–Crippen LogP) is 6.57. The topological polar surface area (TPSA) is 93.9 Å². The Morgan fingerprint density at radius 2 is 1.60 bits per heavy atom.